The predicted octanol–water partition coefficient (Wildman–Crippen LogP) is 2.37. The minimum atomic E-state index is 0.284. The highest BCUT2D eigenvalue weighted by Crippen LogP contribution is 2.33. The van der Waals surface area contributed by atoms with E-state index in [-0.39, 0.29) is 5.91 Å². The molecule has 0 aliphatic carbocycles. The zero-order valence-corrected chi connectivity index (χ0v) is 16.3. The molecule has 146 valence electrons. The highest BCUT2D eigenvalue weighted by atomic mass is 16.2. The fourth-order valence-corrected chi connectivity index (χ4v) is 4.55. The van der Waals surface area contributed by atoms with Crippen LogP contribution in [0.5, 0.6) is 0 Å². The molecule has 7 nitrogen and oxygen atoms in total. The minimum absolute atomic E-state index is 0.284. The molecule has 7 heteroatoms. The standard InChI is InChI=1S/C21H26N6O/c1-16-3-4-17(13-22)21(24-16)26-11-7-19-18(14-26)5-6-20(28)27(19)10-2-9-25-12-8-23-15-25/h3-4,8,12,15,18-19H,2,5-7,9-11,14H2,1H3/t18-,19+/m0/s1. The topological polar surface area (TPSA) is 78.0 Å². The first-order valence-electron chi connectivity index (χ1n) is 10.0. The van der Waals surface area contributed by atoms with Gasteiger partial charge in [-0.2, -0.15) is 5.26 Å². The lowest BCUT2D eigenvalue weighted by Crippen LogP contribution is -2.56. The quantitative estimate of drug-likeness (QED) is 0.798. The van der Waals surface area contributed by atoms with Crippen LogP contribution < -0.4 is 4.90 Å². The van der Waals surface area contributed by atoms with E-state index in [9.17, 15) is 10.1 Å². The molecule has 2 saturated heterocycles. The van der Waals surface area contributed by atoms with E-state index in [2.05, 4.69) is 30.4 Å². The van der Waals surface area contributed by atoms with Gasteiger partial charge < -0.3 is 14.4 Å². The summed E-state index contributed by atoms with van der Waals surface area (Å²) in [7, 11) is 0. The zero-order valence-electron chi connectivity index (χ0n) is 16.3. The number of hydrogen-bond acceptors (Lipinski definition) is 5. The van der Waals surface area contributed by atoms with Crippen molar-refractivity contribution in [3.8, 4) is 6.07 Å². The second-order valence-electron chi connectivity index (χ2n) is 7.78. The molecule has 0 radical (unpaired) electrons. The van der Waals surface area contributed by atoms with Crippen LogP contribution in [0.4, 0.5) is 5.82 Å². The van der Waals surface area contributed by atoms with Gasteiger partial charge in [0.1, 0.15) is 11.9 Å². The van der Waals surface area contributed by atoms with Gasteiger partial charge in [-0.1, -0.05) is 0 Å². The molecule has 0 N–H and O–H groups in total. The summed E-state index contributed by atoms with van der Waals surface area (Å²) in [5.41, 5.74) is 1.56. The van der Waals surface area contributed by atoms with Crippen LogP contribution in [-0.4, -0.2) is 51.0 Å². The Morgan fingerprint density at radius 2 is 2.18 bits per heavy atom. The van der Waals surface area contributed by atoms with Crippen molar-refractivity contribution in [2.75, 3.05) is 24.5 Å². The number of hydrogen-bond donors (Lipinski definition) is 0. The van der Waals surface area contributed by atoms with Crippen LogP contribution >= 0.6 is 0 Å². The van der Waals surface area contributed by atoms with Crippen LogP contribution in [0.25, 0.3) is 0 Å². The summed E-state index contributed by atoms with van der Waals surface area (Å²) in [5.74, 6) is 1.52. The summed E-state index contributed by atoms with van der Waals surface area (Å²) in [6.07, 6.45) is 8.97. The Balaban J connectivity index is 1.43. The Morgan fingerprint density at radius 1 is 1.29 bits per heavy atom. The number of carbonyl (C=O) groups is 1. The molecule has 0 bridgehead atoms. The van der Waals surface area contributed by atoms with Crippen molar-refractivity contribution in [2.24, 2.45) is 5.92 Å². The first kappa shape index (κ1) is 18.5. The number of anilines is 1. The maximum Gasteiger partial charge on any atom is 0.222 e. The van der Waals surface area contributed by atoms with E-state index in [0.717, 1.165) is 57.0 Å². The molecular formula is C21H26N6O. The van der Waals surface area contributed by atoms with E-state index in [4.69, 9.17) is 0 Å². The number of aromatic nitrogens is 3. The number of imidazole rings is 1. The number of rotatable bonds is 5. The molecule has 28 heavy (non-hydrogen) atoms. The summed E-state index contributed by atoms with van der Waals surface area (Å²) >= 11 is 0. The van der Waals surface area contributed by atoms with Crippen molar-refractivity contribution in [3.05, 3.63) is 42.1 Å². The summed E-state index contributed by atoms with van der Waals surface area (Å²) < 4.78 is 2.06. The third-order valence-corrected chi connectivity index (χ3v) is 5.95. The Kier molecular flexibility index (Phi) is 5.29. The minimum Gasteiger partial charge on any atom is -0.355 e. The van der Waals surface area contributed by atoms with Gasteiger partial charge in [0.05, 0.1) is 11.9 Å². The Labute approximate surface area is 165 Å². The molecule has 4 heterocycles. The van der Waals surface area contributed by atoms with Crippen LogP contribution in [0.2, 0.25) is 0 Å². The van der Waals surface area contributed by atoms with Crippen LogP contribution in [0.3, 0.4) is 0 Å². The Morgan fingerprint density at radius 3 is 2.96 bits per heavy atom. The van der Waals surface area contributed by atoms with Crippen molar-refractivity contribution in [1.29, 1.82) is 5.26 Å². The Bertz CT molecular complexity index is 872. The number of likely N-dealkylation sites (tertiary alicyclic amines) is 1. The molecule has 0 aromatic carbocycles. The highest BCUT2D eigenvalue weighted by molar-refractivity contribution is 5.77. The van der Waals surface area contributed by atoms with E-state index in [1.807, 2.05) is 31.6 Å². The first-order valence-corrected chi connectivity index (χ1v) is 10.0. The van der Waals surface area contributed by atoms with Crippen LogP contribution in [0.15, 0.2) is 30.9 Å². The smallest absolute Gasteiger partial charge is 0.222 e. The summed E-state index contributed by atoms with van der Waals surface area (Å²) in [6, 6.07) is 6.32. The molecule has 1 amide bonds. The molecule has 2 aliphatic rings. The van der Waals surface area contributed by atoms with Crippen LogP contribution in [0.1, 0.15) is 36.9 Å². The van der Waals surface area contributed by atoms with Gasteiger partial charge in [0.15, 0.2) is 0 Å². The number of fused-ring (bicyclic) bond motifs is 1. The molecule has 2 aliphatic heterocycles. The number of nitrogens with zero attached hydrogens (tertiary/aromatic N) is 6. The lowest BCUT2D eigenvalue weighted by atomic mass is 9.83. The second-order valence-corrected chi connectivity index (χ2v) is 7.78. The number of amides is 1. The second kappa shape index (κ2) is 8.01. The maximum atomic E-state index is 12.6. The van der Waals surface area contributed by atoms with Gasteiger partial charge in [0, 0.05) is 56.7 Å². The van der Waals surface area contributed by atoms with Gasteiger partial charge in [0.25, 0.3) is 0 Å². The number of carbonyl (C=O) groups excluding carboxylic acids is 1. The van der Waals surface area contributed by atoms with Gasteiger partial charge in [-0.15, -0.1) is 0 Å². The molecule has 4 rings (SSSR count). The van der Waals surface area contributed by atoms with E-state index < -0.39 is 0 Å². The number of pyridine rings is 1. The lowest BCUT2D eigenvalue weighted by Gasteiger charge is -2.47. The monoisotopic (exact) mass is 378 g/mol. The lowest BCUT2D eigenvalue weighted by molar-refractivity contribution is -0.139. The largest absolute Gasteiger partial charge is 0.355 e. The maximum absolute atomic E-state index is 12.6. The van der Waals surface area contributed by atoms with Crippen molar-refractivity contribution in [3.63, 3.8) is 0 Å². The predicted molar refractivity (Wildman–Crippen MR) is 106 cm³/mol. The average Bonchev–Trinajstić information content (AvgIpc) is 3.23. The molecule has 0 unspecified atom stereocenters. The molecule has 2 fully saturated rings. The van der Waals surface area contributed by atoms with E-state index in [0.29, 0.717) is 23.9 Å². The molecule has 2 aromatic heterocycles. The van der Waals surface area contributed by atoms with Crippen LogP contribution in [0, 0.1) is 24.2 Å². The SMILES string of the molecule is Cc1ccc(C#N)c(N2CC[C@@H]3[C@@H](CCC(=O)N3CCCn3ccnc3)C2)n1. The number of nitriles is 1. The number of aryl methyl sites for hydroxylation is 2. The number of piperidine rings is 2. The van der Waals surface area contributed by atoms with Crippen molar-refractivity contribution < 1.29 is 4.79 Å². The summed E-state index contributed by atoms with van der Waals surface area (Å²) in [4.78, 5) is 25.6. The Hall–Kier alpha value is -2.88. The van der Waals surface area contributed by atoms with Gasteiger partial charge in [-0.05, 0) is 44.2 Å². The molecule has 2 aromatic rings. The van der Waals surface area contributed by atoms with Crippen molar-refractivity contribution >= 4 is 11.7 Å². The van der Waals surface area contributed by atoms with Crippen molar-refractivity contribution in [1.82, 2.24) is 19.4 Å². The first-order chi connectivity index (χ1) is 13.7. The third-order valence-electron chi connectivity index (χ3n) is 5.95. The van der Waals surface area contributed by atoms with Gasteiger partial charge >= 0.3 is 0 Å². The van der Waals surface area contributed by atoms with Crippen LogP contribution in [-0.2, 0) is 11.3 Å². The average molecular weight is 378 g/mol. The summed E-state index contributed by atoms with van der Waals surface area (Å²) in [6.45, 7) is 5.33. The van der Waals surface area contributed by atoms with Gasteiger partial charge in [0.2, 0.25) is 5.91 Å². The van der Waals surface area contributed by atoms with E-state index >= 15 is 0 Å². The molecular weight excluding hydrogens is 352 g/mol. The molecule has 0 saturated carbocycles. The van der Waals surface area contributed by atoms with E-state index in [1.54, 1.807) is 6.20 Å². The van der Waals surface area contributed by atoms with Crippen molar-refractivity contribution in [2.45, 2.75) is 45.2 Å². The zero-order chi connectivity index (χ0) is 19.5. The summed E-state index contributed by atoms with van der Waals surface area (Å²) in [5, 5.41) is 9.45. The fraction of sp³-hybridized carbons (Fsp3) is 0.524. The van der Waals surface area contributed by atoms with Gasteiger partial charge in [-0.25, -0.2) is 9.97 Å². The normalized spacial score (nSPS) is 22.1. The molecule has 2 atom stereocenters. The van der Waals surface area contributed by atoms with Gasteiger partial charge in [-0.3, -0.25) is 4.79 Å². The van der Waals surface area contributed by atoms with E-state index in [1.165, 1.54) is 0 Å². The molecule has 0 spiro atoms. The fourth-order valence-electron chi connectivity index (χ4n) is 4.55. The third kappa shape index (κ3) is 3.72. The highest BCUT2D eigenvalue weighted by Gasteiger charge is 2.39.